The molecule has 0 aliphatic heterocycles. The lowest BCUT2D eigenvalue weighted by atomic mass is 10.1. The lowest BCUT2D eigenvalue weighted by Gasteiger charge is -2.10. The van der Waals surface area contributed by atoms with Gasteiger partial charge in [0.15, 0.2) is 0 Å². The van der Waals surface area contributed by atoms with Crippen LogP contribution in [0.15, 0.2) is 72.8 Å². The van der Waals surface area contributed by atoms with Crippen molar-refractivity contribution in [2.45, 2.75) is 13.1 Å². The number of carbonyl (C=O) groups excluding carboxylic acids is 2. The molecule has 0 atom stereocenters. The minimum atomic E-state index is -4.49. The summed E-state index contributed by atoms with van der Waals surface area (Å²) in [6, 6.07) is 17.5. The molecule has 0 bridgehead atoms. The summed E-state index contributed by atoms with van der Waals surface area (Å²) >= 11 is 0. The highest BCUT2D eigenvalue weighted by Gasteiger charge is 2.30. The predicted molar refractivity (Wildman–Crippen MR) is 105 cm³/mol. The monoisotopic (exact) mass is 398 g/mol. The number of alkyl halides is 3. The number of amides is 2. The van der Waals surface area contributed by atoms with Crippen molar-refractivity contribution in [3.63, 3.8) is 0 Å². The van der Waals surface area contributed by atoms with Gasteiger partial charge < -0.3 is 10.6 Å². The molecule has 148 valence electrons. The van der Waals surface area contributed by atoms with Crippen molar-refractivity contribution in [1.82, 2.24) is 0 Å². The molecule has 2 N–H and O–H groups in total. The van der Waals surface area contributed by atoms with Crippen LogP contribution in [0.25, 0.3) is 0 Å². The summed E-state index contributed by atoms with van der Waals surface area (Å²) in [7, 11) is 0. The van der Waals surface area contributed by atoms with Crippen LogP contribution in [0.5, 0.6) is 0 Å². The fourth-order valence-corrected chi connectivity index (χ4v) is 2.68. The minimum absolute atomic E-state index is 0.0334. The number of aryl methyl sites for hydroxylation is 1. The van der Waals surface area contributed by atoms with Crippen LogP contribution in [0.2, 0.25) is 0 Å². The fraction of sp³-hybridized carbons (Fsp3) is 0.0909. The number of nitrogens with one attached hydrogen (secondary N) is 2. The van der Waals surface area contributed by atoms with Gasteiger partial charge in [-0.15, -0.1) is 0 Å². The standard InChI is InChI=1S/C22H17F3N2O2/c1-14-4-2-6-18(12-14)26-20(28)15-8-10-16(11-9-15)21(29)27-19-7-3-5-17(13-19)22(23,24)25/h2-13H,1H3,(H,26,28)(H,27,29). The van der Waals surface area contributed by atoms with Crippen molar-refractivity contribution in [3.8, 4) is 0 Å². The van der Waals surface area contributed by atoms with Crippen molar-refractivity contribution < 1.29 is 22.8 Å². The molecule has 4 nitrogen and oxygen atoms in total. The Morgan fingerprint density at radius 2 is 1.21 bits per heavy atom. The summed E-state index contributed by atoms with van der Waals surface area (Å²) in [5.41, 5.74) is 1.41. The molecule has 0 aliphatic carbocycles. The molecule has 0 saturated heterocycles. The van der Waals surface area contributed by atoms with Crippen molar-refractivity contribution >= 4 is 23.2 Å². The van der Waals surface area contributed by atoms with Crippen molar-refractivity contribution in [3.05, 3.63) is 95.1 Å². The largest absolute Gasteiger partial charge is 0.416 e. The summed E-state index contributed by atoms with van der Waals surface area (Å²) in [6.07, 6.45) is -4.49. The topological polar surface area (TPSA) is 58.2 Å². The van der Waals surface area contributed by atoms with Crippen LogP contribution in [0, 0.1) is 6.92 Å². The zero-order chi connectivity index (χ0) is 21.0. The van der Waals surface area contributed by atoms with Crippen molar-refractivity contribution in [1.29, 1.82) is 0 Å². The van der Waals surface area contributed by atoms with Crippen LogP contribution >= 0.6 is 0 Å². The molecule has 3 rings (SSSR count). The molecule has 0 heterocycles. The van der Waals surface area contributed by atoms with Gasteiger partial charge in [-0.25, -0.2) is 0 Å². The van der Waals surface area contributed by atoms with Gasteiger partial charge in [-0.05, 0) is 67.1 Å². The predicted octanol–water partition coefficient (Wildman–Crippen LogP) is 5.52. The molecule has 0 aliphatic rings. The highest BCUT2D eigenvalue weighted by Crippen LogP contribution is 2.30. The lowest BCUT2D eigenvalue weighted by molar-refractivity contribution is -0.137. The maximum atomic E-state index is 12.8. The average molecular weight is 398 g/mol. The molecule has 0 saturated carbocycles. The van der Waals surface area contributed by atoms with Crippen LogP contribution in [-0.2, 0) is 6.18 Å². The smallest absolute Gasteiger partial charge is 0.322 e. The number of hydrogen-bond acceptors (Lipinski definition) is 2. The van der Waals surface area contributed by atoms with E-state index in [-0.39, 0.29) is 17.2 Å². The molecule has 29 heavy (non-hydrogen) atoms. The second-order valence-corrected chi connectivity index (χ2v) is 6.43. The maximum Gasteiger partial charge on any atom is 0.416 e. The van der Waals surface area contributed by atoms with E-state index in [9.17, 15) is 22.8 Å². The summed E-state index contributed by atoms with van der Waals surface area (Å²) in [5.74, 6) is -0.907. The summed E-state index contributed by atoms with van der Waals surface area (Å²) in [5, 5.41) is 5.19. The maximum absolute atomic E-state index is 12.8. The minimum Gasteiger partial charge on any atom is -0.322 e. The Morgan fingerprint density at radius 3 is 1.69 bits per heavy atom. The van der Waals surface area contributed by atoms with Crippen LogP contribution < -0.4 is 10.6 Å². The zero-order valence-corrected chi connectivity index (χ0v) is 15.4. The molecule has 0 spiro atoms. The second-order valence-electron chi connectivity index (χ2n) is 6.43. The Kier molecular flexibility index (Phi) is 5.68. The molecule has 3 aromatic rings. The van der Waals surface area contributed by atoms with Gasteiger partial charge in [0, 0.05) is 22.5 Å². The van der Waals surface area contributed by atoms with Crippen LogP contribution in [0.4, 0.5) is 24.5 Å². The molecule has 0 radical (unpaired) electrons. The number of benzene rings is 3. The van der Waals surface area contributed by atoms with Crippen LogP contribution in [0.1, 0.15) is 31.8 Å². The van der Waals surface area contributed by atoms with E-state index >= 15 is 0 Å². The average Bonchev–Trinajstić information content (AvgIpc) is 2.67. The van der Waals surface area contributed by atoms with Gasteiger partial charge in [-0.2, -0.15) is 13.2 Å². The van der Waals surface area contributed by atoms with E-state index in [0.29, 0.717) is 11.3 Å². The first-order chi connectivity index (χ1) is 13.7. The quantitative estimate of drug-likeness (QED) is 0.608. The van der Waals surface area contributed by atoms with E-state index in [1.807, 2.05) is 25.1 Å². The van der Waals surface area contributed by atoms with E-state index in [4.69, 9.17) is 0 Å². The second kappa shape index (κ2) is 8.18. The number of carbonyl (C=O) groups is 2. The number of rotatable bonds is 4. The van der Waals surface area contributed by atoms with Gasteiger partial charge in [0.2, 0.25) is 0 Å². The molecule has 2 amide bonds. The molecular formula is C22H17F3N2O2. The van der Waals surface area contributed by atoms with E-state index in [0.717, 1.165) is 17.7 Å². The third-order valence-electron chi connectivity index (χ3n) is 4.13. The fourth-order valence-electron chi connectivity index (χ4n) is 2.68. The van der Waals surface area contributed by atoms with E-state index in [2.05, 4.69) is 10.6 Å². The number of halogens is 3. The third-order valence-corrected chi connectivity index (χ3v) is 4.13. The Labute approximate surface area is 165 Å². The normalized spacial score (nSPS) is 11.0. The van der Waals surface area contributed by atoms with Gasteiger partial charge in [0.05, 0.1) is 5.56 Å². The van der Waals surface area contributed by atoms with Gasteiger partial charge >= 0.3 is 6.18 Å². The Hall–Kier alpha value is -3.61. The molecule has 7 heteroatoms. The molecule has 0 fully saturated rings. The Balaban J connectivity index is 1.68. The van der Waals surface area contributed by atoms with Crippen LogP contribution in [-0.4, -0.2) is 11.8 Å². The first-order valence-electron chi connectivity index (χ1n) is 8.69. The Bertz CT molecular complexity index is 1040. The molecule has 3 aromatic carbocycles. The zero-order valence-electron chi connectivity index (χ0n) is 15.4. The summed E-state index contributed by atoms with van der Waals surface area (Å²) in [4.78, 5) is 24.6. The van der Waals surface area contributed by atoms with E-state index < -0.39 is 17.6 Å². The first-order valence-corrected chi connectivity index (χ1v) is 8.69. The Morgan fingerprint density at radius 1 is 0.724 bits per heavy atom. The third kappa shape index (κ3) is 5.22. The van der Waals surface area contributed by atoms with Crippen molar-refractivity contribution in [2.75, 3.05) is 10.6 Å². The number of anilines is 2. The lowest BCUT2D eigenvalue weighted by Crippen LogP contribution is -2.15. The van der Waals surface area contributed by atoms with Gasteiger partial charge in [-0.1, -0.05) is 18.2 Å². The highest BCUT2D eigenvalue weighted by molar-refractivity contribution is 6.07. The molecule has 0 unspecified atom stereocenters. The summed E-state index contributed by atoms with van der Waals surface area (Å²) < 4.78 is 38.3. The number of hydrogen-bond donors (Lipinski definition) is 2. The van der Waals surface area contributed by atoms with E-state index in [1.54, 1.807) is 6.07 Å². The van der Waals surface area contributed by atoms with Gasteiger partial charge in [0.1, 0.15) is 0 Å². The first kappa shape index (κ1) is 20.1. The van der Waals surface area contributed by atoms with Crippen molar-refractivity contribution in [2.24, 2.45) is 0 Å². The van der Waals surface area contributed by atoms with Crippen LogP contribution in [0.3, 0.4) is 0 Å². The van der Waals surface area contributed by atoms with Gasteiger partial charge in [-0.3, -0.25) is 9.59 Å². The summed E-state index contributed by atoms with van der Waals surface area (Å²) in [6.45, 7) is 1.91. The SMILES string of the molecule is Cc1cccc(NC(=O)c2ccc(C(=O)Nc3cccc(C(F)(F)F)c3)cc2)c1. The molecule has 0 aromatic heterocycles. The van der Waals surface area contributed by atoms with E-state index in [1.165, 1.54) is 36.4 Å². The molecular weight excluding hydrogens is 381 g/mol. The van der Waals surface area contributed by atoms with Gasteiger partial charge in [0.25, 0.3) is 11.8 Å². The highest BCUT2D eigenvalue weighted by atomic mass is 19.4.